The molecule has 2 aromatic carbocycles. The van der Waals surface area contributed by atoms with Crippen LogP contribution in [0.25, 0.3) is 0 Å². The smallest absolute Gasteiger partial charge is 0.193 e. The van der Waals surface area contributed by atoms with Gasteiger partial charge >= 0.3 is 0 Å². The fraction of sp³-hybridized carbons (Fsp3) is 0.133. The van der Waals surface area contributed by atoms with Crippen molar-refractivity contribution < 1.29 is 18.3 Å². The van der Waals surface area contributed by atoms with E-state index in [2.05, 4.69) is 0 Å². The van der Waals surface area contributed by atoms with Crippen LogP contribution in [0.2, 0.25) is 0 Å². The summed E-state index contributed by atoms with van der Waals surface area (Å²) in [5.41, 5.74) is 0.984. The molecule has 104 valence electrons. The number of carbonyl (C=O) groups excluding carboxylic acids is 1. The van der Waals surface area contributed by atoms with E-state index < -0.39 is 16.4 Å². The van der Waals surface area contributed by atoms with Crippen LogP contribution >= 0.6 is 0 Å². The molecule has 0 saturated carbocycles. The molecule has 0 aliphatic heterocycles. The van der Waals surface area contributed by atoms with Gasteiger partial charge in [0.05, 0.1) is 17.3 Å². The summed E-state index contributed by atoms with van der Waals surface area (Å²) < 4.78 is 23.5. The lowest BCUT2D eigenvalue weighted by Crippen LogP contribution is -2.10. The molecule has 4 nitrogen and oxygen atoms in total. The van der Waals surface area contributed by atoms with Crippen molar-refractivity contribution in [2.75, 3.05) is 12.4 Å². The average molecular weight is 290 g/mol. The highest BCUT2D eigenvalue weighted by Gasteiger charge is 2.15. The molecule has 0 aromatic heterocycles. The standard InChI is InChI=1S/C15H14O4S/c16-10-11-20(18,19)14-8-6-13(7-9-14)15(17)12-4-2-1-3-5-12/h1-9,16H,10-11H2. The van der Waals surface area contributed by atoms with Gasteiger partial charge in [0, 0.05) is 11.1 Å². The van der Waals surface area contributed by atoms with Gasteiger partial charge in [-0.25, -0.2) is 8.42 Å². The van der Waals surface area contributed by atoms with Gasteiger partial charge in [0.15, 0.2) is 15.6 Å². The Balaban J connectivity index is 2.27. The zero-order valence-electron chi connectivity index (χ0n) is 10.7. The van der Waals surface area contributed by atoms with Crippen molar-refractivity contribution >= 4 is 15.6 Å². The Morgan fingerprint density at radius 2 is 1.45 bits per heavy atom. The minimum absolute atomic E-state index is 0.108. The molecule has 0 heterocycles. The zero-order valence-corrected chi connectivity index (χ0v) is 11.5. The predicted octanol–water partition coefficient (Wildman–Crippen LogP) is 1.68. The lowest BCUT2D eigenvalue weighted by atomic mass is 10.0. The van der Waals surface area contributed by atoms with E-state index >= 15 is 0 Å². The van der Waals surface area contributed by atoms with Gasteiger partial charge in [-0.3, -0.25) is 4.79 Å². The maximum atomic E-state index is 12.1. The number of rotatable bonds is 5. The van der Waals surface area contributed by atoms with E-state index in [9.17, 15) is 13.2 Å². The zero-order chi connectivity index (χ0) is 14.6. The Labute approximate surface area is 117 Å². The number of sulfone groups is 1. The molecule has 0 radical (unpaired) electrons. The number of hydrogen-bond acceptors (Lipinski definition) is 4. The van der Waals surface area contributed by atoms with Crippen molar-refractivity contribution in [3.05, 3.63) is 65.7 Å². The third-order valence-corrected chi connectivity index (χ3v) is 4.58. The third kappa shape index (κ3) is 3.12. The van der Waals surface area contributed by atoms with Gasteiger partial charge in [0.25, 0.3) is 0 Å². The summed E-state index contributed by atoms with van der Waals surface area (Å²) in [6.07, 6.45) is 0. The maximum Gasteiger partial charge on any atom is 0.193 e. The van der Waals surface area contributed by atoms with E-state index in [0.717, 1.165) is 0 Å². The first kappa shape index (κ1) is 14.4. The second kappa shape index (κ2) is 5.98. The lowest BCUT2D eigenvalue weighted by molar-refractivity contribution is 0.103. The number of aliphatic hydroxyl groups excluding tert-OH is 1. The van der Waals surface area contributed by atoms with Crippen molar-refractivity contribution in [3.8, 4) is 0 Å². The molecule has 0 amide bonds. The van der Waals surface area contributed by atoms with Crippen LogP contribution in [-0.2, 0) is 9.84 Å². The summed E-state index contributed by atoms with van der Waals surface area (Å²) in [7, 11) is -3.48. The summed E-state index contributed by atoms with van der Waals surface area (Å²) in [5.74, 6) is -0.476. The normalized spacial score (nSPS) is 11.2. The molecular weight excluding hydrogens is 276 g/mol. The lowest BCUT2D eigenvalue weighted by Gasteiger charge is -2.04. The van der Waals surface area contributed by atoms with Crippen LogP contribution < -0.4 is 0 Å². The first-order chi connectivity index (χ1) is 9.54. The van der Waals surface area contributed by atoms with Gasteiger partial charge in [-0.2, -0.15) is 0 Å². The van der Waals surface area contributed by atoms with Crippen LogP contribution in [0.15, 0.2) is 59.5 Å². The summed E-state index contributed by atoms with van der Waals surface area (Å²) in [4.78, 5) is 12.3. The number of hydrogen-bond donors (Lipinski definition) is 1. The number of ketones is 1. The Bertz CT molecular complexity index is 688. The van der Waals surface area contributed by atoms with Gasteiger partial charge < -0.3 is 5.11 Å². The quantitative estimate of drug-likeness (QED) is 0.851. The van der Waals surface area contributed by atoms with Gasteiger partial charge in [0.2, 0.25) is 0 Å². The van der Waals surface area contributed by atoms with Crippen LogP contribution in [0.3, 0.4) is 0 Å². The van der Waals surface area contributed by atoms with Gasteiger partial charge in [-0.05, 0) is 24.3 Å². The Morgan fingerprint density at radius 1 is 0.900 bits per heavy atom. The summed E-state index contributed by atoms with van der Waals surface area (Å²) >= 11 is 0. The molecule has 0 spiro atoms. The molecule has 5 heteroatoms. The summed E-state index contributed by atoms with van der Waals surface area (Å²) in [6.45, 7) is -0.424. The highest BCUT2D eigenvalue weighted by Crippen LogP contribution is 2.15. The van der Waals surface area contributed by atoms with Gasteiger partial charge in [-0.15, -0.1) is 0 Å². The summed E-state index contributed by atoms with van der Waals surface area (Å²) in [6, 6.07) is 14.5. The Hall–Kier alpha value is -1.98. The van der Waals surface area contributed by atoms with E-state index in [1.165, 1.54) is 24.3 Å². The van der Waals surface area contributed by atoms with E-state index in [1.807, 2.05) is 6.07 Å². The molecule has 0 unspecified atom stereocenters. The fourth-order valence-corrected chi connectivity index (χ4v) is 2.83. The molecule has 2 aromatic rings. The van der Waals surface area contributed by atoms with Crippen LogP contribution in [0.4, 0.5) is 0 Å². The molecule has 2 rings (SSSR count). The number of benzene rings is 2. The van der Waals surface area contributed by atoms with Crippen molar-refractivity contribution in [1.82, 2.24) is 0 Å². The van der Waals surface area contributed by atoms with Gasteiger partial charge in [0.1, 0.15) is 0 Å². The molecule has 0 atom stereocenters. The van der Waals surface area contributed by atoms with E-state index in [4.69, 9.17) is 5.11 Å². The van der Waals surface area contributed by atoms with Crippen molar-refractivity contribution in [1.29, 1.82) is 0 Å². The molecule has 1 N–H and O–H groups in total. The van der Waals surface area contributed by atoms with Gasteiger partial charge in [-0.1, -0.05) is 30.3 Å². The second-order valence-corrected chi connectivity index (χ2v) is 6.37. The first-order valence-electron chi connectivity index (χ1n) is 6.08. The Kier molecular flexibility index (Phi) is 4.32. The van der Waals surface area contributed by atoms with Crippen LogP contribution in [0.1, 0.15) is 15.9 Å². The first-order valence-corrected chi connectivity index (χ1v) is 7.73. The fourth-order valence-electron chi connectivity index (χ4n) is 1.81. The summed E-state index contributed by atoms with van der Waals surface area (Å²) in [5, 5.41) is 8.72. The minimum atomic E-state index is -3.48. The highest BCUT2D eigenvalue weighted by molar-refractivity contribution is 7.91. The average Bonchev–Trinajstić information content (AvgIpc) is 2.47. The largest absolute Gasteiger partial charge is 0.395 e. The predicted molar refractivity (Wildman–Crippen MR) is 75.5 cm³/mol. The highest BCUT2D eigenvalue weighted by atomic mass is 32.2. The minimum Gasteiger partial charge on any atom is -0.395 e. The maximum absolute atomic E-state index is 12.1. The van der Waals surface area contributed by atoms with Crippen molar-refractivity contribution in [2.45, 2.75) is 4.90 Å². The van der Waals surface area contributed by atoms with Crippen LogP contribution in [-0.4, -0.2) is 31.7 Å². The monoisotopic (exact) mass is 290 g/mol. The van der Waals surface area contributed by atoms with E-state index in [-0.39, 0.29) is 16.4 Å². The van der Waals surface area contributed by atoms with Crippen molar-refractivity contribution in [2.24, 2.45) is 0 Å². The molecule has 0 bridgehead atoms. The molecule has 0 fully saturated rings. The van der Waals surface area contributed by atoms with E-state index in [0.29, 0.717) is 11.1 Å². The molecule has 0 aliphatic carbocycles. The van der Waals surface area contributed by atoms with Crippen LogP contribution in [0.5, 0.6) is 0 Å². The molecule has 0 aliphatic rings. The molecule has 0 saturated heterocycles. The number of aliphatic hydroxyl groups is 1. The van der Waals surface area contributed by atoms with Crippen LogP contribution in [0, 0.1) is 0 Å². The second-order valence-electron chi connectivity index (χ2n) is 4.26. The topological polar surface area (TPSA) is 71.4 Å². The SMILES string of the molecule is O=C(c1ccccc1)c1ccc(S(=O)(=O)CCO)cc1. The molecule has 20 heavy (non-hydrogen) atoms. The van der Waals surface area contributed by atoms with E-state index in [1.54, 1.807) is 24.3 Å². The Morgan fingerprint density at radius 3 is 2.00 bits per heavy atom. The third-order valence-electron chi connectivity index (χ3n) is 2.87. The molecular formula is C15H14O4S. The number of carbonyl (C=O) groups is 1. The van der Waals surface area contributed by atoms with Crippen molar-refractivity contribution in [3.63, 3.8) is 0 Å².